The SMILES string of the molecule is Cc1oc(-n2cccc2)c(C#N)c1C(=O)NC(C)CCC(C)C. The summed E-state index contributed by atoms with van der Waals surface area (Å²) in [4.78, 5) is 12.6. The molecule has 2 aromatic heterocycles. The molecule has 0 aliphatic heterocycles. The summed E-state index contributed by atoms with van der Waals surface area (Å²) in [5.74, 6) is 1.19. The van der Waals surface area contributed by atoms with Crippen LogP contribution in [0.2, 0.25) is 0 Å². The fourth-order valence-electron chi connectivity index (χ4n) is 2.51. The normalized spacial score (nSPS) is 12.2. The molecule has 5 heteroatoms. The monoisotopic (exact) mass is 313 g/mol. The molecule has 5 nitrogen and oxygen atoms in total. The van der Waals surface area contributed by atoms with Crippen molar-refractivity contribution in [3.05, 3.63) is 41.4 Å². The highest BCUT2D eigenvalue weighted by atomic mass is 16.4. The van der Waals surface area contributed by atoms with Crippen molar-refractivity contribution in [2.75, 3.05) is 0 Å². The van der Waals surface area contributed by atoms with Crippen LogP contribution in [0.3, 0.4) is 0 Å². The summed E-state index contributed by atoms with van der Waals surface area (Å²) in [5, 5.41) is 12.4. The van der Waals surface area contributed by atoms with Gasteiger partial charge in [0.05, 0.1) is 0 Å². The molecule has 2 heterocycles. The number of hydrogen-bond acceptors (Lipinski definition) is 3. The Morgan fingerprint density at radius 3 is 2.52 bits per heavy atom. The Morgan fingerprint density at radius 1 is 1.30 bits per heavy atom. The Bertz CT molecular complexity index is 705. The van der Waals surface area contributed by atoms with Gasteiger partial charge in [0.15, 0.2) is 0 Å². The molecule has 1 atom stereocenters. The van der Waals surface area contributed by atoms with Crippen LogP contribution in [0.15, 0.2) is 28.9 Å². The number of furan rings is 1. The molecule has 122 valence electrons. The Hall–Kier alpha value is -2.48. The zero-order valence-electron chi connectivity index (χ0n) is 14.1. The Labute approximate surface area is 136 Å². The Kier molecular flexibility index (Phi) is 5.28. The van der Waals surface area contributed by atoms with E-state index in [9.17, 15) is 10.1 Å². The third kappa shape index (κ3) is 3.84. The number of carbonyl (C=O) groups excluding carboxylic acids is 1. The molecule has 1 unspecified atom stereocenters. The van der Waals surface area contributed by atoms with Gasteiger partial charge in [-0.3, -0.25) is 9.36 Å². The number of nitrogens with zero attached hydrogens (tertiary/aromatic N) is 2. The molecular weight excluding hydrogens is 290 g/mol. The number of rotatable bonds is 6. The maximum atomic E-state index is 12.6. The van der Waals surface area contributed by atoms with E-state index < -0.39 is 0 Å². The molecule has 23 heavy (non-hydrogen) atoms. The van der Waals surface area contributed by atoms with Gasteiger partial charge >= 0.3 is 0 Å². The number of hydrogen-bond donors (Lipinski definition) is 1. The molecule has 0 radical (unpaired) electrons. The van der Waals surface area contributed by atoms with Gasteiger partial charge in [0.1, 0.15) is 23.0 Å². The van der Waals surface area contributed by atoms with Gasteiger partial charge in [-0.2, -0.15) is 5.26 Å². The summed E-state index contributed by atoms with van der Waals surface area (Å²) in [5.41, 5.74) is 0.597. The number of carbonyl (C=O) groups is 1. The summed E-state index contributed by atoms with van der Waals surface area (Å²) in [6.07, 6.45) is 5.52. The van der Waals surface area contributed by atoms with Gasteiger partial charge in [0.25, 0.3) is 5.91 Å². The second-order valence-electron chi connectivity index (χ2n) is 6.26. The molecule has 0 saturated heterocycles. The van der Waals surface area contributed by atoms with Gasteiger partial charge in [-0.05, 0) is 44.7 Å². The van der Waals surface area contributed by atoms with Gasteiger partial charge in [-0.1, -0.05) is 13.8 Å². The highest BCUT2D eigenvalue weighted by molar-refractivity contribution is 5.98. The van der Waals surface area contributed by atoms with Crippen LogP contribution in [0, 0.1) is 24.2 Å². The van der Waals surface area contributed by atoms with E-state index in [1.54, 1.807) is 23.9 Å². The minimum absolute atomic E-state index is 0.0563. The lowest BCUT2D eigenvalue weighted by Gasteiger charge is -2.14. The zero-order chi connectivity index (χ0) is 17.0. The quantitative estimate of drug-likeness (QED) is 0.881. The number of amides is 1. The molecule has 0 spiro atoms. The summed E-state index contributed by atoms with van der Waals surface area (Å²) in [6, 6.07) is 5.84. The van der Waals surface area contributed by atoms with E-state index in [0.29, 0.717) is 23.1 Å². The second-order valence-corrected chi connectivity index (χ2v) is 6.26. The van der Waals surface area contributed by atoms with Gasteiger partial charge < -0.3 is 9.73 Å². The van der Waals surface area contributed by atoms with Gasteiger partial charge in [0, 0.05) is 18.4 Å². The average Bonchev–Trinajstić information content (AvgIpc) is 3.11. The summed E-state index contributed by atoms with van der Waals surface area (Å²) in [7, 11) is 0. The predicted molar refractivity (Wildman–Crippen MR) is 88.5 cm³/mol. The van der Waals surface area contributed by atoms with E-state index >= 15 is 0 Å². The molecule has 0 aliphatic carbocycles. The van der Waals surface area contributed by atoms with E-state index in [2.05, 4.69) is 25.2 Å². The zero-order valence-corrected chi connectivity index (χ0v) is 14.1. The third-order valence-corrected chi connectivity index (χ3v) is 3.80. The van der Waals surface area contributed by atoms with Crippen LogP contribution in [-0.4, -0.2) is 16.5 Å². The highest BCUT2D eigenvalue weighted by Crippen LogP contribution is 2.25. The smallest absolute Gasteiger partial charge is 0.256 e. The fourth-order valence-corrected chi connectivity index (χ4v) is 2.51. The Balaban J connectivity index is 2.22. The van der Waals surface area contributed by atoms with Crippen LogP contribution in [0.25, 0.3) is 5.88 Å². The van der Waals surface area contributed by atoms with Crippen molar-refractivity contribution in [1.82, 2.24) is 9.88 Å². The first-order chi connectivity index (χ1) is 10.9. The minimum atomic E-state index is -0.252. The molecule has 1 N–H and O–H groups in total. The van der Waals surface area contributed by atoms with Crippen LogP contribution < -0.4 is 5.32 Å². The topological polar surface area (TPSA) is 71.0 Å². The van der Waals surface area contributed by atoms with E-state index in [0.717, 1.165) is 12.8 Å². The van der Waals surface area contributed by atoms with Gasteiger partial charge in [-0.25, -0.2) is 0 Å². The summed E-state index contributed by atoms with van der Waals surface area (Å²) in [6.45, 7) is 8.01. The average molecular weight is 313 g/mol. The molecule has 1 amide bonds. The van der Waals surface area contributed by atoms with Crippen molar-refractivity contribution in [2.24, 2.45) is 5.92 Å². The van der Waals surface area contributed by atoms with E-state index in [-0.39, 0.29) is 17.5 Å². The molecule has 0 bridgehead atoms. The lowest BCUT2D eigenvalue weighted by Crippen LogP contribution is -2.33. The van der Waals surface area contributed by atoms with E-state index in [4.69, 9.17) is 4.42 Å². The first-order valence-electron chi connectivity index (χ1n) is 7.91. The predicted octanol–water partition coefficient (Wildman–Crippen LogP) is 3.80. The van der Waals surface area contributed by atoms with Crippen molar-refractivity contribution in [3.63, 3.8) is 0 Å². The maximum Gasteiger partial charge on any atom is 0.256 e. The van der Waals surface area contributed by atoms with Crippen LogP contribution in [0.1, 0.15) is 55.3 Å². The van der Waals surface area contributed by atoms with Crippen molar-refractivity contribution < 1.29 is 9.21 Å². The minimum Gasteiger partial charge on any atom is -0.443 e. The number of nitrogens with one attached hydrogen (secondary N) is 1. The van der Waals surface area contributed by atoms with Crippen LogP contribution in [0.4, 0.5) is 0 Å². The lowest BCUT2D eigenvalue weighted by atomic mass is 10.0. The van der Waals surface area contributed by atoms with Gasteiger partial charge in [-0.15, -0.1) is 0 Å². The Morgan fingerprint density at radius 2 is 1.96 bits per heavy atom. The first-order valence-corrected chi connectivity index (χ1v) is 7.91. The largest absolute Gasteiger partial charge is 0.443 e. The molecule has 2 rings (SSSR count). The van der Waals surface area contributed by atoms with Crippen LogP contribution in [0.5, 0.6) is 0 Å². The fraction of sp³-hybridized carbons (Fsp3) is 0.444. The number of nitriles is 1. The molecule has 0 saturated carbocycles. The van der Waals surface area contributed by atoms with E-state index in [1.165, 1.54) is 0 Å². The molecule has 0 aromatic carbocycles. The van der Waals surface area contributed by atoms with Crippen LogP contribution >= 0.6 is 0 Å². The third-order valence-electron chi connectivity index (χ3n) is 3.80. The summed E-state index contributed by atoms with van der Waals surface area (Å²) >= 11 is 0. The second kappa shape index (κ2) is 7.19. The molecule has 0 fully saturated rings. The molecule has 2 aromatic rings. The number of aryl methyl sites for hydroxylation is 1. The van der Waals surface area contributed by atoms with Crippen molar-refractivity contribution >= 4 is 5.91 Å². The first kappa shape index (κ1) is 16.9. The van der Waals surface area contributed by atoms with Crippen molar-refractivity contribution in [3.8, 4) is 12.0 Å². The van der Waals surface area contributed by atoms with Crippen LogP contribution in [-0.2, 0) is 0 Å². The highest BCUT2D eigenvalue weighted by Gasteiger charge is 2.25. The lowest BCUT2D eigenvalue weighted by molar-refractivity contribution is 0.0935. The van der Waals surface area contributed by atoms with Gasteiger partial charge in [0.2, 0.25) is 5.88 Å². The van der Waals surface area contributed by atoms with Crippen molar-refractivity contribution in [2.45, 2.75) is 46.6 Å². The molecular formula is C18H23N3O2. The van der Waals surface area contributed by atoms with Crippen molar-refractivity contribution in [1.29, 1.82) is 5.26 Å². The molecule has 0 aliphatic rings. The van der Waals surface area contributed by atoms with E-state index in [1.807, 2.05) is 19.1 Å². The number of aromatic nitrogens is 1. The standard InChI is InChI=1S/C18H23N3O2/c1-12(2)7-8-13(3)20-17(22)16-14(4)23-18(15(16)11-19)21-9-5-6-10-21/h5-6,9-10,12-13H,7-8H2,1-4H3,(H,20,22). The maximum absolute atomic E-state index is 12.6. The summed E-state index contributed by atoms with van der Waals surface area (Å²) < 4.78 is 7.36.